The van der Waals surface area contributed by atoms with Crippen LogP contribution in [0.15, 0.2) is 97.2 Å². The number of benzene rings is 4. The Hall–Kier alpha value is -4.38. The van der Waals surface area contributed by atoms with Crippen molar-refractivity contribution in [3.05, 3.63) is 103 Å². The van der Waals surface area contributed by atoms with Gasteiger partial charge in [-0.05, 0) is 53.2 Å². The third-order valence-electron chi connectivity index (χ3n) is 5.25. The summed E-state index contributed by atoms with van der Waals surface area (Å²) in [5.74, 6) is 1.77. The van der Waals surface area contributed by atoms with Crippen LogP contribution in [0.25, 0.3) is 21.7 Å². The summed E-state index contributed by atoms with van der Waals surface area (Å²) >= 11 is 0. The molecule has 32 heavy (non-hydrogen) atoms. The molecule has 5 rings (SSSR count). The summed E-state index contributed by atoms with van der Waals surface area (Å²) in [4.78, 5) is 17.5. The van der Waals surface area contributed by atoms with Gasteiger partial charge < -0.3 is 14.8 Å². The van der Waals surface area contributed by atoms with Crippen LogP contribution in [0.3, 0.4) is 0 Å². The molecule has 1 heterocycles. The van der Waals surface area contributed by atoms with Gasteiger partial charge in [0, 0.05) is 23.3 Å². The van der Waals surface area contributed by atoms with Crippen molar-refractivity contribution in [1.29, 1.82) is 0 Å². The summed E-state index contributed by atoms with van der Waals surface area (Å²) in [6.07, 6.45) is 1.70. The van der Waals surface area contributed by atoms with E-state index in [2.05, 4.69) is 10.3 Å². The summed E-state index contributed by atoms with van der Waals surface area (Å²) in [5.41, 5.74) is 2.05. The lowest BCUT2D eigenvalue weighted by atomic mass is 10.0. The van der Waals surface area contributed by atoms with Gasteiger partial charge in [-0.25, -0.2) is 0 Å². The molecule has 0 atom stereocenters. The van der Waals surface area contributed by atoms with Crippen molar-refractivity contribution in [3.8, 4) is 17.2 Å². The minimum Gasteiger partial charge on any atom is -0.497 e. The Kier molecular flexibility index (Phi) is 5.14. The molecule has 0 spiro atoms. The first-order valence-electron chi connectivity index (χ1n) is 10.2. The van der Waals surface area contributed by atoms with Gasteiger partial charge in [-0.2, -0.15) is 0 Å². The van der Waals surface area contributed by atoms with Gasteiger partial charge in [0.25, 0.3) is 5.91 Å². The predicted octanol–water partition coefficient (Wildman–Crippen LogP) is 6.44. The second-order valence-corrected chi connectivity index (χ2v) is 7.31. The van der Waals surface area contributed by atoms with Crippen LogP contribution in [0.2, 0.25) is 0 Å². The highest BCUT2D eigenvalue weighted by atomic mass is 16.5. The van der Waals surface area contributed by atoms with Gasteiger partial charge in [0.2, 0.25) is 0 Å². The van der Waals surface area contributed by atoms with E-state index < -0.39 is 0 Å². The average molecular weight is 420 g/mol. The van der Waals surface area contributed by atoms with E-state index in [-0.39, 0.29) is 5.91 Å². The van der Waals surface area contributed by atoms with Crippen molar-refractivity contribution in [2.45, 2.75) is 0 Å². The van der Waals surface area contributed by atoms with E-state index in [9.17, 15) is 4.79 Å². The standard InChI is InChI=1S/C27H20N2O3/c1-31-20-11-12-23-25(17-20)28-14-13-26(23)32-21-15-18-7-5-6-10-22(18)24(16-21)27(30)29-19-8-3-2-4-9-19/h2-17H,1H3,(H,29,30). The Morgan fingerprint density at radius 2 is 1.62 bits per heavy atom. The summed E-state index contributed by atoms with van der Waals surface area (Å²) in [7, 11) is 1.62. The molecule has 0 fully saturated rings. The lowest BCUT2D eigenvalue weighted by Gasteiger charge is -2.13. The number of methoxy groups -OCH3 is 1. The molecule has 5 heteroatoms. The Morgan fingerprint density at radius 1 is 0.812 bits per heavy atom. The number of carbonyl (C=O) groups excluding carboxylic acids is 1. The van der Waals surface area contributed by atoms with Gasteiger partial charge >= 0.3 is 0 Å². The van der Waals surface area contributed by atoms with Gasteiger partial charge in [-0.15, -0.1) is 0 Å². The van der Waals surface area contributed by atoms with Crippen LogP contribution in [0.4, 0.5) is 5.69 Å². The highest BCUT2D eigenvalue weighted by molar-refractivity contribution is 6.13. The highest BCUT2D eigenvalue weighted by Gasteiger charge is 2.14. The van der Waals surface area contributed by atoms with Crippen LogP contribution in [0, 0.1) is 0 Å². The molecule has 4 aromatic carbocycles. The van der Waals surface area contributed by atoms with E-state index in [1.54, 1.807) is 19.4 Å². The Balaban J connectivity index is 1.55. The first-order chi connectivity index (χ1) is 15.7. The molecule has 0 bridgehead atoms. The molecule has 156 valence electrons. The molecule has 0 saturated heterocycles. The SMILES string of the molecule is COc1ccc2c(Oc3cc(C(=O)Nc4ccccc4)c4ccccc4c3)ccnc2c1. The molecule has 0 aliphatic heterocycles. The van der Waals surface area contributed by atoms with Crippen molar-refractivity contribution < 1.29 is 14.3 Å². The van der Waals surface area contributed by atoms with Crippen LogP contribution >= 0.6 is 0 Å². The fourth-order valence-electron chi connectivity index (χ4n) is 3.69. The number of hydrogen-bond acceptors (Lipinski definition) is 4. The number of fused-ring (bicyclic) bond motifs is 2. The number of nitrogens with one attached hydrogen (secondary N) is 1. The number of amides is 1. The maximum absolute atomic E-state index is 13.1. The number of ether oxygens (including phenoxy) is 2. The van der Waals surface area contributed by atoms with Crippen LogP contribution in [-0.2, 0) is 0 Å². The Bertz CT molecular complexity index is 1430. The largest absolute Gasteiger partial charge is 0.497 e. The molecule has 0 aliphatic carbocycles. The minimum atomic E-state index is -0.192. The van der Waals surface area contributed by atoms with Crippen molar-refractivity contribution in [2.75, 3.05) is 12.4 Å². The molecular weight excluding hydrogens is 400 g/mol. The summed E-state index contributed by atoms with van der Waals surface area (Å²) in [5, 5.41) is 5.60. The monoisotopic (exact) mass is 420 g/mol. The zero-order valence-corrected chi connectivity index (χ0v) is 17.4. The van der Waals surface area contributed by atoms with Crippen LogP contribution in [0.1, 0.15) is 10.4 Å². The lowest BCUT2D eigenvalue weighted by molar-refractivity contribution is 0.102. The molecule has 5 aromatic rings. The lowest BCUT2D eigenvalue weighted by Crippen LogP contribution is -2.12. The fourth-order valence-corrected chi connectivity index (χ4v) is 3.69. The quantitative estimate of drug-likeness (QED) is 0.355. The number of carbonyl (C=O) groups is 1. The molecule has 0 radical (unpaired) electrons. The van der Waals surface area contributed by atoms with Crippen LogP contribution in [-0.4, -0.2) is 18.0 Å². The number of para-hydroxylation sites is 1. The zero-order chi connectivity index (χ0) is 21.9. The molecule has 0 saturated carbocycles. The van der Waals surface area contributed by atoms with Gasteiger partial charge in [0.05, 0.1) is 18.2 Å². The maximum atomic E-state index is 13.1. The number of anilines is 1. The average Bonchev–Trinajstić information content (AvgIpc) is 2.84. The molecule has 1 amide bonds. The molecule has 1 N–H and O–H groups in total. The third kappa shape index (κ3) is 3.84. The summed E-state index contributed by atoms with van der Waals surface area (Å²) in [6.45, 7) is 0. The van der Waals surface area contributed by atoms with Crippen LogP contribution in [0.5, 0.6) is 17.2 Å². The maximum Gasteiger partial charge on any atom is 0.256 e. The van der Waals surface area contributed by atoms with Crippen molar-refractivity contribution in [2.24, 2.45) is 0 Å². The highest BCUT2D eigenvalue weighted by Crippen LogP contribution is 2.33. The molecule has 0 aliphatic rings. The number of aromatic nitrogens is 1. The van der Waals surface area contributed by atoms with E-state index in [0.717, 1.165) is 33.1 Å². The third-order valence-corrected chi connectivity index (χ3v) is 5.25. The van der Waals surface area contributed by atoms with E-state index in [1.807, 2.05) is 84.9 Å². The molecule has 0 unspecified atom stereocenters. The van der Waals surface area contributed by atoms with E-state index in [1.165, 1.54) is 0 Å². The van der Waals surface area contributed by atoms with Crippen molar-refractivity contribution in [1.82, 2.24) is 4.98 Å². The Labute approximate surface area is 185 Å². The topological polar surface area (TPSA) is 60.5 Å². The summed E-state index contributed by atoms with van der Waals surface area (Å²) in [6, 6.07) is 28.3. The number of rotatable bonds is 5. The number of nitrogens with zero attached hydrogens (tertiary/aromatic N) is 1. The minimum absolute atomic E-state index is 0.192. The number of hydrogen-bond donors (Lipinski definition) is 1. The Morgan fingerprint density at radius 3 is 2.47 bits per heavy atom. The van der Waals surface area contributed by atoms with E-state index in [0.29, 0.717) is 17.1 Å². The zero-order valence-electron chi connectivity index (χ0n) is 17.4. The molecular formula is C27H20N2O3. The van der Waals surface area contributed by atoms with E-state index >= 15 is 0 Å². The van der Waals surface area contributed by atoms with Gasteiger partial charge in [-0.3, -0.25) is 9.78 Å². The number of pyridine rings is 1. The first kappa shape index (κ1) is 19.6. The van der Waals surface area contributed by atoms with Gasteiger partial charge in [0.15, 0.2) is 0 Å². The second kappa shape index (κ2) is 8.40. The normalized spacial score (nSPS) is 10.8. The molecule has 5 nitrogen and oxygen atoms in total. The second-order valence-electron chi connectivity index (χ2n) is 7.31. The predicted molar refractivity (Wildman–Crippen MR) is 127 cm³/mol. The van der Waals surface area contributed by atoms with Crippen LogP contribution < -0.4 is 14.8 Å². The smallest absolute Gasteiger partial charge is 0.256 e. The van der Waals surface area contributed by atoms with E-state index in [4.69, 9.17) is 9.47 Å². The van der Waals surface area contributed by atoms with Gasteiger partial charge in [0.1, 0.15) is 17.2 Å². The first-order valence-corrected chi connectivity index (χ1v) is 10.2. The van der Waals surface area contributed by atoms with Crippen molar-refractivity contribution in [3.63, 3.8) is 0 Å². The van der Waals surface area contributed by atoms with Gasteiger partial charge in [-0.1, -0.05) is 42.5 Å². The van der Waals surface area contributed by atoms with Crippen molar-refractivity contribution >= 4 is 33.3 Å². The fraction of sp³-hybridized carbons (Fsp3) is 0.0370. The molecule has 1 aromatic heterocycles. The summed E-state index contributed by atoms with van der Waals surface area (Å²) < 4.78 is 11.5.